The molecule has 2 aromatic carbocycles. The highest BCUT2D eigenvalue weighted by molar-refractivity contribution is 6.01. The van der Waals surface area contributed by atoms with Gasteiger partial charge in [-0.25, -0.2) is 0 Å². The molecular formula is C27H31N3O. The molecule has 0 bridgehead atoms. The molecule has 1 amide bonds. The molecule has 0 saturated heterocycles. The summed E-state index contributed by atoms with van der Waals surface area (Å²) in [6, 6.07) is 15.4. The number of aromatic nitrogens is 1. The number of rotatable bonds is 2. The van der Waals surface area contributed by atoms with Crippen LogP contribution in [0.1, 0.15) is 50.8 Å². The number of benzene rings is 2. The molecule has 1 N–H and O–H groups in total. The van der Waals surface area contributed by atoms with Crippen molar-refractivity contribution in [2.75, 3.05) is 6.54 Å². The lowest BCUT2D eigenvalue weighted by Crippen LogP contribution is -2.43. The molecule has 5 rings (SSSR count). The third kappa shape index (κ3) is 3.39. The van der Waals surface area contributed by atoms with E-state index in [1.54, 1.807) is 0 Å². The largest absolute Gasteiger partial charge is 0.348 e. The lowest BCUT2D eigenvalue weighted by atomic mass is 9.90. The fraction of sp³-hybridized carbons (Fsp3) is 0.370. The summed E-state index contributed by atoms with van der Waals surface area (Å²) >= 11 is 0. The minimum atomic E-state index is 0.141. The van der Waals surface area contributed by atoms with Gasteiger partial charge in [-0.1, -0.05) is 24.3 Å². The molecule has 0 aliphatic carbocycles. The van der Waals surface area contributed by atoms with Crippen LogP contribution in [0.2, 0.25) is 0 Å². The van der Waals surface area contributed by atoms with Crippen LogP contribution in [0.4, 0.5) is 0 Å². The average molecular weight is 414 g/mol. The molecule has 2 aliphatic rings. The van der Waals surface area contributed by atoms with Crippen molar-refractivity contribution in [2.24, 2.45) is 7.05 Å². The molecule has 0 radical (unpaired) electrons. The number of amides is 1. The first kappa shape index (κ1) is 20.1. The van der Waals surface area contributed by atoms with E-state index >= 15 is 0 Å². The van der Waals surface area contributed by atoms with Crippen molar-refractivity contribution in [3.63, 3.8) is 0 Å². The molecule has 31 heavy (non-hydrogen) atoms. The molecule has 3 heterocycles. The Morgan fingerprint density at radius 2 is 1.81 bits per heavy atom. The third-order valence-electron chi connectivity index (χ3n) is 7.29. The van der Waals surface area contributed by atoms with E-state index in [1.807, 2.05) is 0 Å². The third-order valence-corrected chi connectivity index (χ3v) is 7.29. The van der Waals surface area contributed by atoms with Crippen molar-refractivity contribution in [1.82, 2.24) is 14.8 Å². The van der Waals surface area contributed by atoms with Crippen LogP contribution in [-0.4, -0.2) is 28.0 Å². The Kier molecular flexibility index (Phi) is 4.98. The molecular weight excluding hydrogens is 382 g/mol. The van der Waals surface area contributed by atoms with Crippen molar-refractivity contribution in [1.29, 1.82) is 0 Å². The highest BCUT2D eigenvalue weighted by Crippen LogP contribution is 2.34. The lowest BCUT2D eigenvalue weighted by Gasteiger charge is -2.35. The number of aryl methyl sites for hydroxylation is 1. The van der Waals surface area contributed by atoms with Crippen LogP contribution < -0.4 is 5.32 Å². The quantitative estimate of drug-likeness (QED) is 0.670. The number of carbonyl (C=O) groups is 1. The van der Waals surface area contributed by atoms with Crippen LogP contribution in [0.15, 0.2) is 42.5 Å². The molecule has 1 unspecified atom stereocenters. The molecule has 0 spiro atoms. The number of hydrogen-bond donors (Lipinski definition) is 1. The summed E-state index contributed by atoms with van der Waals surface area (Å²) in [5.74, 6) is 0.141. The van der Waals surface area contributed by atoms with E-state index in [4.69, 9.17) is 0 Å². The van der Waals surface area contributed by atoms with Crippen LogP contribution in [0.3, 0.4) is 0 Å². The van der Waals surface area contributed by atoms with Crippen LogP contribution in [-0.2, 0) is 33.0 Å². The van der Waals surface area contributed by atoms with Crippen molar-refractivity contribution >= 4 is 5.91 Å². The van der Waals surface area contributed by atoms with Crippen LogP contribution in [0.25, 0.3) is 11.3 Å². The zero-order valence-corrected chi connectivity index (χ0v) is 19.0. The molecule has 3 aromatic rings. The maximum Gasteiger partial charge on any atom is 0.255 e. The van der Waals surface area contributed by atoms with E-state index in [-0.39, 0.29) is 11.9 Å². The first-order valence-corrected chi connectivity index (χ1v) is 11.3. The summed E-state index contributed by atoms with van der Waals surface area (Å²) in [6.45, 7) is 8.96. The summed E-state index contributed by atoms with van der Waals surface area (Å²) in [5, 5.41) is 3.46. The Balaban J connectivity index is 1.62. The Hall–Kier alpha value is -2.85. The predicted molar refractivity (Wildman–Crippen MR) is 125 cm³/mol. The second kappa shape index (κ2) is 7.69. The second-order valence-corrected chi connectivity index (χ2v) is 9.21. The summed E-state index contributed by atoms with van der Waals surface area (Å²) in [5.41, 5.74) is 10.8. The topological polar surface area (TPSA) is 37.3 Å². The van der Waals surface area contributed by atoms with E-state index in [0.29, 0.717) is 6.54 Å². The van der Waals surface area contributed by atoms with Crippen LogP contribution in [0.5, 0.6) is 0 Å². The number of fused-ring (bicyclic) bond motifs is 2. The van der Waals surface area contributed by atoms with Gasteiger partial charge >= 0.3 is 0 Å². The van der Waals surface area contributed by atoms with Crippen molar-refractivity contribution in [3.05, 3.63) is 81.5 Å². The van der Waals surface area contributed by atoms with E-state index in [1.165, 1.54) is 33.5 Å². The van der Waals surface area contributed by atoms with Gasteiger partial charge in [0.25, 0.3) is 5.91 Å². The van der Waals surface area contributed by atoms with Gasteiger partial charge in [-0.05, 0) is 86.2 Å². The predicted octanol–water partition coefficient (Wildman–Crippen LogP) is 4.54. The normalized spacial score (nSPS) is 17.9. The number of nitrogens with one attached hydrogen (secondary N) is 1. The molecule has 1 aromatic heterocycles. The summed E-state index contributed by atoms with van der Waals surface area (Å²) in [4.78, 5) is 16.1. The minimum absolute atomic E-state index is 0.141. The van der Waals surface area contributed by atoms with Gasteiger partial charge in [-0.3, -0.25) is 4.79 Å². The zero-order valence-electron chi connectivity index (χ0n) is 19.0. The SMILES string of the molecule is Cc1cc(-c2cc3c(cc2C(=O)N2Cc4ccccc4CC2C)CNCC3)n(C)c1C. The Labute approximate surface area is 184 Å². The molecule has 2 aliphatic heterocycles. The molecule has 1 atom stereocenters. The van der Waals surface area contributed by atoms with Gasteiger partial charge in [0.1, 0.15) is 0 Å². The highest BCUT2D eigenvalue weighted by Gasteiger charge is 2.30. The molecule has 160 valence electrons. The number of nitrogens with zero attached hydrogens (tertiary/aromatic N) is 2. The molecule has 0 saturated carbocycles. The summed E-state index contributed by atoms with van der Waals surface area (Å²) in [6.07, 6.45) is 1.92. The first-order valence-electron chi connectivity index (χ1n) is 11.3. The van der Waals surface area contributed by atoms with E-state index in [0.717, 1.165) is 42.8 Å². The lowest BCUT2D eigenvalue weighted by molar-refractivity contribution is 0.0659. The average Bonchev–Trinajstić information content (AvgIpc) is 3.04. The van der Waals surface area contributed by atoms with Crippen molar-refractivity contribution in [2.45, 2.75) is 52.7 Å². The molecule has 4 heteroatoms. The van der Waals surface area contributed by atoms with Crippen molar-refractivity contribution in [3.8, 4) is 11.3 Å². The van der Waals surface area contributed by atoms with Gasteiger partial charge in [0.2, 0.25) is 0 Å². The van der Waals surface area contributed by atoms with E-state index < -0.39 is 0 Å². The van der Waals surface area contributed by atoms with Gasteiger partial charge in [-0.2, -0.15) is 0 Å². The monoisotopic (exact) mass is 413 g/mol. The number of hydrogen-bond acceptors (Lipinski definition) is 2. The van der Waals surface area contributed by atoms with E-state index in [9.17, 15) is 4.79 Å². The van der Waals surface area contributed by atoms with Gasteiger partial charge in [0.05, 0.1) is 0 Å². The van der Waals surface area contributed by atoms with Crippen molar-refractivity contribution < 1.29 is 4.79 Å². The zero-order chi connectivity index (χ0) is 21.7. The Bertz CT molecular complexity index is 1170. The fourth-order valence-corrected chi connectivity index (χ4v) is 5.14. The van der Waals surface area contributed by atoms with Crippen LogP contribution >= 0.6 is 0 Å². The van der Waals surface area contributed by atoms with Gasteiger partial charge in [0, 0.05) is 48.7 Å². The maximum atomic E-state index is 14.0. The Morgan fingerprint density at radius 3 is 2.55 bits per heavy atom. The molecule has 4 nitrogen and oxygen atoms in total. The standard InChI is InChI=1S/C27H31N3O/c1-17-11-26(29(4)19(17)3)24-13-21-9-10-28-15-23(21)14-25(24)27(31)30-16-22-8-6-5-7-20(22)12-18(30)2/h5-8,11,13-14,18,28H,9-10,12,15-16H2,1-4H3. The smallest absolute Gasteiger partial charge is 0.255 e. The van der Waals surface area contributed by atoms with Gasteiger partial charge < -0.3 is 14.8 Å². The minimum Gasteiger partial charge on any atom is -0.348 e. The summed E-state index contributed by atoms with van der Waals surface area (Å²) < 4.78 is 2.23. The van der Waals surface area contributed by atoms with Crippen LogP contribution in [0, 0.1) is 13.8 Å². The maximum absolute atomic E-state index is 14.0. The Morgan fingerprint density at radius 1 is 1.03 bits per heavy atom. The fourth-order valence-electron chi connectivity index (χ4n) is 5.14. The van der Waals surface area contributed by atoms with Gasteiger partial charge in [0.15, 0.2) is 0 Å². The van der Waals surface area contributed by atoms with Gasteiger partial charge in [-0.15, -0.1) is 0 Å². The second-order valence-electron chi connectivity index (χ2n) is 9.21. The highest BCUT2D eigenvalue weighted by atomic mass is 16.2. The first-order chi connectivity index (χ1) is 14.9. The summed E-state index contributed by atoms with van der Waals surface area (Å²) in [7, 11) is 2.10. The number of carbonyl (C=O) groups excluding carboxylic acids is 1. The molecule has 0 fully saturated rings. The van der Waals surface area contributed by atoms with E-state index in [2.05, 4.69) is 85.1 Å².